The molecule has 1 saturated heterocycles. The lowest BCUT2D eigenvalue weighted by molar-refractivity contribution is -0.159. The second-order valence-electron chi connectivity index (χ2n) is 11.3. The van der Waals surface area contributed by atoms with E-state index in [4.69, 9.17) is 22.1 Å². The van der Waals surface area contributed by atoms with E-state index in [1.165, 1.54) is 17.0 Å². The van der Waals surface area contributed by atoms with Gasteiger partial charge in [-0.3, -0.25) is 14.4 Å². The third-order valence-corrected chi connectivity index (χ3v) is 7.80. The summed E-state index contributed by atoms with van der Waals surface area (Å²) < 4.78 is 5.63. The number of benzene rings is 2. The zero-order chi connectivity index (χ0) is 28.5. The highest BCUT2D eigenvalue weighted by Gasteiger charge is 2.48. The zero-order valence-corrected chi connectivity index (χ0v) is 23.1. The van der Waals surface area contributed by atoms with Gasteiger partial charge in [0, 0.05) is 22.2 Å². The third kappa shape index (κ3) is 6.09. The first-order valence-electron chi connectivity index (χ1n) is 13.0. The number of carboxylic acid groups (broad SMARTS) is 1. The number of rotatable bonds is 6. The Morgan fingerprint density at radius 2 is 1.72 bits per heavy atom. The molecule has 1 heterocycles. The van der Waals surface area contributed by atoms with E-state index in [1.54, 1.807) is 43.9 Å². The number of halogens is 1. The smallest absolute Gasteiger partial charge is 0.335 e. The minimum absolute atomic E-state index is 0.0427. The van der Waals surface area contributed by atoms with Crippen LogP contribution in [0.1, 0.15) is 62.4 Å². The number of carbonyl (C=O) groups excluding carboxylic acids is 3. The number of carboxylic acids is 1. The first-order chi connectivity index (χ1) is 18.3. The molecule has 208 valence electrons. The van der Waals surface area contributed by atoms with E-state index < -0.39 is 29.0 Å². The molecule has 1 atom stereocenters. The maximum absolute atomic E-state index is 13.2. The van der Waals surface area contributed by atoms with Gasteiger partial charge in [-0.15, -0.1) is 0 Å². The summed E-state index contributed by atoms with van der Waals surface area (Å²) in [5, 5.41) is 9.82. The Morgan fingerprint density at radius 3 is 2.33 bits per heavy atom. The number of hydrogen-bond donors (Lipinski definition) is 2. The lowest BCUT2D eigenvalue weighted by Crippen LogP contribution is -2.60. The topological polar surface area (TPSA) is 130 Å². The Morgan fingerprint density at radius 1 is 1.05 bits per heavy atom. The molecule has 2 aromatic rings. The van der Waals surface area contributed by atoms with Gasteiger partial charge < -0.3 is 25.4 Å². The summed E-state index contributed by atoms with van der Waals surface area (Å²) in [4.78, 5) is 53.7. The number of nitrogens with zero attached hydrogens (tertiary/aromatic N) is 2. The molecule has 0 radical (unpaired) electrons. The first kappa shape index (κ1) is 28.6. The number of amides is 2. The highest BCUT2D eigenvalue weighted by atomic mass is 35.5. The molecule has 0 aromatic heterocycles. The van der Waals surface area contributed by atoms with Gasteiger partial charge in [-0.25, -0.2) is 4.79 Å². The second kappa shape index (κ2) is 11.0. The van der Waals surface area contributed by atoms with Crippen molar-refractivity contribution in [1.29, 1.82) is 0 Å². The predicted molar refractivity (Wildman–Crippen MR) is 147 cm³/mol. The van der Waals surface area contributed by atoms with Crippen LogP contribution >= 0.6 is 11.6 Å². The quantitative estimate of drug-likeness (QED) is 0.519. The Balaban J connectivity index is 1.52. The van der Waals surface area contributed by atoms with Gasteiger partial charge in [0.15, 0.2) is 0 Å². The van der Waals surface area contributed by atoms with E-state index in [0.717, 1.165) is 5.56 Å². The predicted octanol–water partition coefficient (Wildman–Crippen LogP) is 3.76. The van der Waals surface area contributed by atoms with Gasteiger partial charge in [0.25, 0.3) is 0 Å². The van der Waals surface area contributed by atoms with E-state index in [9.17, 15) is 24.3 Å². The summed E-state index contributed by atoms with van der Waals surface area (Å²) in [6.45, 7) is 5.10. The molecular formula is C29H34ClN3O6. The number of aromatic carboxylic acids is 1. The Kier molecular flexibility index (Phi) is 8.04. The van der Waals surface area contributed by atoms with Crippen LogP contribution in [-0.2, 0) is 24.5 Å². The summed E-state index contributed by atoms with van der Waals surface area (Å²) in [5.74, 6) is -2.10. The number of hydrogen-bond acceptors (Lipinski definition) is 6. The molecule has 1 aliphatic heterocycles. The van der Waals surface area contributed by atoms with Gasteiger partial charge >= 0.3 is 11.9 Å². The normalized spacial score (nSPS) is 22.9. The van der Waals surface area contributed by atoms with Gasteiger partial charge in [-0.2, -0.15) is 0 Å². The largest absolute Gasteiger partial charge is 0.478 e. The van der Waals surface area contributed by atoms with Crippen LogP contribution in [0.5, 0.6) is 0 Å². The molecule has 2 fully saturated rings. The molecule has 2 aromatic carbocycles. The monoisotopic (exact) mass is 555 g/mol. The van der Waals surface area contributed by atoms with Crippen molar-refractivity contribution in [2.45, 2.75) is 69.6 Å². The number of carbonyl (C=O) groups is 4. The summed E-state index contributed by atoms with van der Waals surface area (Å²) in [6, 6.07) is 12.2. The lowest BCUT2D eigenvalue weighted by atomic mass is 9.63. The maximum Gasteiger partial charge on any atom is 0.335 e. The summed E-state index contributed by atoms with van der Waals surface area (Å²) in [6.07, 6.45) is 2.08. The van der Waals surface area contributed by atoms with Crippen LogP contribution in [0.2, 0.25) is 5.02 Å². The Hall–Kier alpha value is -3.43. The van der Waals surface area contributed by atoms with Crippen LogP contribution in [-0.4, -0.2) is 64.5 Å². The van der Waals surface area contributed by atoms with Gasteiger partial charge in [-0.05, 0) is 82.3 Å². The summed E-state index contributed by atoms with van der Waals surface area (Å²) in [7, 11) is 0. The van der Waals surface area contributed by atoms with Crippen molar-refractivity contribution in [3.05, 3.63) is 64.7 Å². The summed E-state index contributed by atoms with van der Waals surface area (Å²) in [5.41, 5.74) is 6.43. The minimum atomic E-state index is -1.11. The van der Waals surface area contributed by atoms with Crippen molar-refractivity contribution in [2.24, 2.45) is 5.73 Å². The fourth-order valence-corrected chi connectivity index (χ4v) is 5.80. The molecule has 9 nitrogen and oxygen atoms in total. The molecule has 2 aliphatic rings. The average Bonchev–Trinajstić information content (AvgIpc) is 2.88. The molecular weight excluding hydrogens is 522 g/mol. The van der Waals surface area contributed by atoms with Gasteiger partial charge in [0.1, 0.15) is 24.7 Å². The number of nitrogens with two attached hydrogens (primary N) is 1. The minimum Gasteiger partial charge on any atom is -0.478 e. The van der Waals surface area contributed by atoms with Crippen molar-refractivity contribution >= 4 is 41.0 Å². The van der Waals surface area contributed by atoms with Crippen LogP contribution in [0.4, 0.5) is 5.69 Å². The average molecular weight is 556 g/mol. The van der Waals surface area contributed by atoms with Gasteiger partial charge in [0.2, 0.25) is 11.8 Å². The van der Waals surface area contributed by atoms with Crippen molar-refractivity contribution < 1.29 is 29.0 Å². The number of ether oxygens (including phenoxy) is 1. The molecule has 3 N–H and O–H groups in total. The SMILES string of the molecule is CC(C)(C)OC(=O)C(N)C1(c2cccc(Cl)c2)CCC(N2CC(=O)N(c3cccc(C(=O)O)c3)CC2=O)CC1. The van der Waals surface area contributed by atoms with Crippen LogP contribution in [0.3, 0.4) is 0 Å². The Bertz CT molecular complexity index is 1280. The van der Waals surface area contributed by atoms with Crippen LogP contribution in [0.25, 0.3) is 0 Å². The standard InChI is InChI=1S/C29H34ClN3O6/c1-28(2,3)39-27(38)25(31)29(19-7-5-8-20(30)15-19)12-10-21(11-13-29)32-16-24(35)33(17-23(32)34)22-9-4-6-18(14-22)26(36)37/h4-9,14-15,21,25H,10-13,16-17,31H2,1-3H3,(H,36,37). The summed E-state index contributed by atoms with van der Waals surface area (Å²) >= 11 is 6.31. The van der Waals surface area contributed by atoms with Crippen LogP contribution in [0.15, 0.2) is 48.5 Å². The van der Waals surface area contributed by atoms with Crippen LogP contribution in [0, 0.1) is 0 Å². The van der Waals surface area contributed by atoms with Crippen molar-refractivity contribution in [3.63, 3.8) is 0 Å². The zero-order valence-electron chi connectivity index (χ0n) is 22.4. The van der Waals surface area contributed by atoms with E-state index in [0.29, 0.717) is 36.4 Å². The van der Waals surface area contributed by atoms with Gasteiger partial charge in [-0.1, -0.05) is 29.8 Å². The van der Waals surface area contributed by atoms with Crippen molar-refractivity contribution in [1.82, 2.24) is 4.90 Å². The van der Waals surface area contributed by atoms with E-state index in [2.05, 4.69) is 0 Å². The molecule has 0 spiro atoms. The van der Waals surface area contributed by atoms with E-state index in [1.807, 2.05) is 18.2 Å². The van der Waals surface area contributed by atoms with Crippen molar-refractivity contribution in [3.8, 4) is 0 Å². The fraction of sp³-hybridized carbons (Fsp3) is 0.448. The molecule has 39 heavy (non-hydrogen) atoms. The lowest BCUT2D eigenvalue weighted by Gasteiger charge is -2.47. The molecule has 0 bridgehead atoms. The molecule has 1 unspecified atom stereocenters. The van der Waals surface area contributed by atoms with Crippen LogP contribution < -0.4 is 10.6 Å². The highest BCUT2D eigenvalue weighted by Crippen LogP contribution is 2.44. The first-order valence-corrected chi connectivity index (χ1v) is 13.4. The second-order valence-corrected chi connectivity index (χ2v) is 11.7. The number of anilines is 1. The van der Waals surface area contributed by atoms with Gasteiger partial charge in [0.05, 0.1) is 5.56 Å². The third-order valence-electron chi connectivity index (χ3n) is 7.57. The molecule has 2 amide bonds. The molecule has 10 heteroatoms. The molecule has 4 rings (SSSR count). The number of piperazine rings is 1. The van der Waals surface area contributed by atoms with E-state index in [-0.39, 0.29) is 36.5 Å². The van der Waals surface area contributed by atoms with Crippen molar-refractivity contribution in [2.75, 3.05) is 18.0 Å². The number of esters is 1. The fourth-order valence-electron chi connectivity index (χ4n) is 5.61. The maximum atomic E-state index is 13.2. The highest BCUT2D eigenvalue weighted by molar-refractivity contribution is 6.30. The molecule has 1 aliphatic carbocycles. The Labute approximate surface area is 232 Å². The molecule has 1 saturated carbocycles. The van der Waals surface area contributed by atoms with E-state index >= 15 is 0 Å².